The van der Waals surface area contributed by atoms with Crippen molar-refractivity contribution in [3.63, 3.8) is 0 Å². The van der Waals surface area contributed by atoms with Gasteiger partial charge in [-0.05, 0) is 43.5 Å². The number of nitrogens with one attached hydrogen (secondary N) is 1. The van der Waals surface area contributed by atoms with Gasteiger partial charge in [-0.15, -0.1) is 23.7 Å². The van der Waals surface area contributed by atoms with Gasteiger partial charge in [-0.1, -0.05) is 11.6 Å². The fourth-order valence-electron chi connectivity index (χ4n) is 2.69. The molecule has 0 saturated carbocycles. The van der Waals surface area contributed by atoms with Crippen molar-refractivity contribution < 1.29 is 8.42 Å². The predicted molar refractivity (Wildman–Crippen MR) is 79.9 cm³/mol. The second-order valence-electron chi connectivity index (χ2n) is 5.02. The minimum absolute atomic E-state index is 0. The molecule has 2 atom stereocenters. The molecule has 0 unspecified atom stereocenters. The lowest BCUT2D eigenvalue weighted by atomic mass is 10.0. The molecule has 3 heterocycles. The standard InChI is InChI=1S/C11H15ClN2O2S2.ClH/c1-7-2-10(17-11(7)12)18(15,16)14-5-8-3-13-4-9(8)6-14;/h2,8-9,13H,3-6H2,1H3;1H/t8-,9+;. The Bertz CT molecular complexity index is 542. The van der Waals surface area contributed by atoms with Gasteiger partial charge in [0.2, 0.25) is 0 Å². The molecule has 2 saturated heterocycles. The number of sulfonamides is 1. The van der Waals surface area contributed by atoms with E-state index in [-0.39, 0.29) is 12.4 Å². The van der Waals surface area contributed by atoms with E-state index in [2.05, 4.69) is 5.32 Å². The Morgan fingerprint density at radius 1 is 1.37 bits per heavy atom. The van der Waals surface area contributed by atoms with E-state index in [4.69, 9.17) is 11.6 Å². The minimum atomic E-state index is -3.34. The molecular weight excluding hydrogens is 327 g/mol. The van der Waals surface area contributed by atoms with Gasteiger partial charge in [-0.25, -0.2) is 8.42 Å². The maximum atomic E-state index is 12.5. The summed E-state index contributed by atoms with van der Waals surface area (Å²) in [5.74, 6) is 0.938. The van der Waals surface area contributed by atoms with E-state index < -0.39 is 10.0 Å². The number of rotatable bonds is 2. The Morgan fingerprint density at radius 3 is 2.42 bits per heavy atom. The minimum Gasteiger partial charge on any atom is -0.316 e. The van der Waals surface area contributed by atoms with Crippen molar-refractivity contribution in [3.05, 3.63) is 16.0 Å². The van der Waals surface area contributed by atoms with Crippen LogP contribution in [0.4, 0.5) is 0 Å². The van der Waals surface area contributed by atoms with Crippen LogP contribution in [0.25, 0.3) is 0 Å². The summed E-state index contributed by atoms with van der Waals surface area (Å²) in [7, 11) is -3.34. The van der Waals surface area contributed by atoms with Gasteiger partial charge < -0.3 is 5.32 Å². The predicted octanol–water partition coefficient (Wildman–Crippen LogP) is 1.97. The highest BCUT2D eigenvalue weighted by Crippen LogP contribution is 2.35. The van der Waals surface area contributed by atoms with Gasteiger partial charge >= 0.3 is 0 Å². The average molecular weight is 343 g/mol. The number of nitrogens with zero attached hydrogens (tertiary/aromatic N) is 1. The monoisotopic (exact) mass is 342 g/mol. The van der Waals surface area contributed by atoms with Crippen LogP contribution in [0, 0.1) is 18.8 Å². The van der Waals surface area contributed by atoms with Crippen LogP contribution in [0.2, 0.25) is 4.34 Å². The Morgan fingerprint density at radius 2 is 1.95 bits per heavy atom. The zero-order valence-electron chi connectivity index (χ0n) is 10.4. The number of aryl methyl sites for hydroxylation is 1. The molecule has 0 aromatic carbocycles. The third-order valence-corrected chi connectivity index (χ3v) is 7.62. The molecule has 0 bridgehead atoms. The molecule has 8 heteroatoms. The zero-order chi connectivity index (χ0) is 12.9. The number of halogens is 2. The maximum absolute atomic E-state index is 12.5. The van der Waals surface area contributed by atoms with Crippen molar-refractivity contribution in [2.24, 2.45) is 11.8 Å². The molecule has 4 nitrogen and oxygen atoms in total. The number of thiophene rings is 1. The normalized spacial score (nSPS) is 27.3. The zero-order valence-corrected chi connectivity index (χ0v) is 13.6. The van der Waals surface area contributed by atoms with Gasteiger partial charge in [-0.2, -0.15) is 4.31 Å². The third-order valence-electron chi connectivity index (χ3n) is 3.78. The van der Waals surface area contributed by atoms with Crippen LogP contribution >= 0.6 is 35.3 Å². The first-order valence-electron chi connectivity index (χ1n) is 5.95. The summed E-state index contributed by atoms with van der Waals surface area (Å²) in [5, 5.41) is 3.31. The molecular formula is C11H16Cl2N2O2S2. The molecule has 1 aromatic rings. The van der Waals surface area contributed by atoms with Gasteiger partial charge in [0.05, 0.1) is 4.34 Å². The molecule has 0 spiro atoms. The number of fused-ring (bicyclic) bond motifs is 1. The van der Waals surface area contributed by atoms with Crippen LogP contribution in [0.5, 0.6) is 0 Å². The maximum Gasteiger partial charge on any atom is 0.252 e. The fourth-order valence-corrected chi connectivity index (χ4v) is 6.11. The number of hydrogen-bond donors (Lipinski definition) is 1. The molecule has 108 valence electrons. The molecule has 19 heavy (non-hydrogen) atoms. The lowest BCUT2D eigenvalue weighted by Gasteiger charge is -2.15. The van der Waals surface area contributed by atoms with Crippen molar-refractivity contribution in [2.45, 2.75) is 11.1 Å². The molecule has 1 aromatic heterocycles. The van der Waals surface area contributed by atoms with Gasteiger partial charge in [-0.3, -0.25) is 0 Å². The molecule has 1 N–H and O–H groups in total. The largest absolute Gasteiger partial charge is 0.316 e. The summed E-state index contributed by atoms with van der Waals surface area (Å²) < 4.78 is 27.5. The molecule has 2 aliphatic heterocycles. The molecule has 3 rings (SSSR count). The van der Waals surface area contributed by atoms with Crippen LogP contribution in [0.3, 0.4) is 0 Å². The highest BCUT2D eigenvalue weighted by Gasteiger charge is 2.42. The first kappa shape index (κ1) is 15.5. The smallest absolute Gasteiger partial charge is 0.252 e. The first-order chi connectivity index (χ1) is 8.48. The molecule has 2 aliphatic rings. The molecule has 0 amide bonds. The van der Waals surface area contributed by atoms with E-state index in [9.17, 15) is 8.42 Å². The molecule has 0 radical (unpaired) electrons. The summed E-state index contributed by atoms with van der Waals surface area (Å²) in [6, 6.07) is 1.68. The van der Waals surface area contributed by atoms with Crippen molar-refractivity contribution in [1.82, 2.24) is 9.62 Å². The summed E-state index contributed by atoms with van der Waals surface area (Å²) in [4.78, 5) is 0. The SMILES string of the molecule is Cc1cc(S(=O)(=O)N2C[C@H]3CNC[C@H]3C2)sc1Cl.Cl. The van der Waals surface area contributed by atoms with Gasteiger partial charge in [0, 0.05) is 13.1 Å². The second-order valence-corrected chi connectivity index (χ2v) is 8.84. The molecule has 2 fully saturated rings. The highest BCUT2D eigenvalue weighted by molar-refractivity contribution is 7.91. The highest BCUT2D eigenvalue weighted by atomic mass is 35.5. The van der Waals surface area contributed by atoms with Crippen LogP contribution in [-0.4, -0.2) is 38.9 Å². The first-order valence-corrected chi connectivity index (χ1v) is 8.59. The summed E-state index contributed by atoms with van der Waals surface area (Å²) >= 11 is 7.12. The second kappa shape index (κ2) is 5.50. The average Bonchev–Trinajstić information content (AvgIpc) is 2.93. The van der Waals surface area contributed by atoms with Crippen molar-refractivity contribution >= 4 is 45.4 Å². The van der Waals surface area contributed by atoms with E-state index >= 15 is 0 Å². The van der Waals surface area contributed by atoms with Crippen molar-refractivity contribution in [2.75, 3.05) is 26.2 Å². The van der Waals surface area contributed by atoms with E-state index in [0.717, 1.165) is 30.0 Å². The van der Waals surface area contributed by atoms with E-state index in [1.165, 1.54) is 0 Å². The van der Waals surface area contributed by atoms with Crippen LogP contribution < -0.4 is 5.32 Å². The fraction of sp³-hybridized carbons (Fsp3) is 0.636. The summed E-state index contributed by atoms with van der Waals surface area (Å²) in [5.41, 5.74) is 0.835. The quantitative estimate of drug-likeness (QED) is 0.893. The lowest BCUT2D eigenvalue weighted by molar-refractivity contribution is 0.449. The van der Waals surface area contributed by atoms with Crippen LogP contribution in [0.15, 0.2) is 10.3 Å². The Kier molecular flexibility index (Phi) is 4.50. The van der Waals surface area contributed by atoms with Gasteiger partial charge in [0.25, 0.3) is 10.0 Å². The topological polar surface area (TPSA) is 49.4 Å². The number of hydrogen-bond acceptors (Lipinski definition) is 4. The lowest BCUT2D eigenvalue weighted by Crippen LogP contribution is -2.31. The van der Waals surface area contributed by atoms with Gasteiger partial charge in [0.1, 0.15) is 4.21 Å². The van der Waals surface area contributed by atoms with Gasteiger partial charge in [0.15, 0.2) is 0 Å². The van der Waals surface area contributed by atoms with Crippen LogP contribution in [-0.2, 0) is 10.0 Å². The van der Waals surface area contributed by atoms with E-state index in [1.807, 2.05) is 6.92 Å². The van der Waals surface area contributed by atoms with Crippen molar-refractivity contribution in [1.29, 1.82) is 0 Å². The van der Waals surface area contributed by atoms with E-state index in [1.54, 1.807) is 10.4 Å². The molecule has 0 aliphatic carbocycles. The van der Waals surface area contributed by atoms with Crippen molar-refractivity contribution in [3.8, 4) is 0 Å². The Balaban J connectivity index is 0.00000133. The summed E-state index contributed by atoms with van der Waals surface area (Å²) in [6.45, 7) is 4.96. The summed E-state index contributed by atoms with van der Waals surface area (Å²) in [6.07, 6.45) is 0. The van der Waals surface area contributed by atoms with Crippen LogP contribution in [0.1, 0.15) is 5.56 Å². The Labute approximate surface area is 128 Å². The third kappa shape index (κ3) is 2.66. The van der Waals surface area contributed by atoms with E-state index in [0.29, 0.717) is 33.5 Å². The Hall–Kier alpha value is 0.150.